The van der Waals surface area contributed by atoms with Gasteiger partial charge in [0.25, 0.3) is 0 Å². The molecular formula is C30H45N9O5. The lowest BCUT2D eigenvalue weighted by molar-refractivity contribution is -0.133. The molecule has 0 saturated heterocycles. The fourth-order valence-electron chi connectivity index (χ4n) is 4.41. The van der Waals surface area contributed by atoms with E-state index in [9.17, 15) is 24.3 Å². The highest BCUT2D eigenvalue weighted by Gasteiger charge is 2.30. The third-order valence-electron chi connectivity index (χ3n) is 6.88. The summed E-state index contributed by atoms with van der Waals surface area (Å²) >= 11 is 0. The first kappa shape index (κ1) is 35.5. The summed E-state index contributed by atoms with van der Waals surface area (Å²) in [6.07, 6.45) is 2.29. The summed E-state index contributed by atoms with van der Waals surface area (Å²) in [5.74, 6) is -2.69. The number of hydrogen-bond acceptors (Lipinski definition) is 8. The highest BCUT2D eigenvalue weighted by atomic mass is 16.3. The predicted octanol–water partition coefficient (Wildman–Crippen LogP) is -1.16. The number of guanidine groups is 1. The van der Waals surface area contributed by atoms with Crippen LogP contribution in [-0.2, 0) is 32.0 Å². The molecule has 14 N–H and O–H groups in total. The summed E-state index contributed by atoms with van der Waals surface area (Å²) < 4.78 is 0. The van der Waals surface area contributed by atoms with Gasteiger partial charge in [-0.2, -0.15) is 0 Å². The van der Waals surface area contributed by atoms with Gasteiger partial charge in [-0.25, -0.2) is 0 Å². The molecule has 0 radical (unpaired) electrons. The Balaban J connectivity index is 2.20. The molecule has 4 amide bonds. The van der Waals surface area contributed by atoms with Crippen LogP contribution in [0, 0.1) is 5.41 Å². The van der Waals surface area contributed by atoms with Gasteiger partial charge in [-0.05, 0) is 61.9 Å². The van der Waals surface area contributed by atoms with Gasteiger partial charge in [-0.15, -0.1) is 0 Å². The number of primary amides is 1. The Morgan fingerprint density at radius 2 is 1.30 bits per heavy atom. The number of phenolic OH excluding ortho intramolecular Hbond substituents is 1. The summed E-state index contributed by atoms with van der Waals surface area (Å²) in [7, 11) is 0. The van der Waals surface area contributed by atoms with Gasteiger partial charge in [0.15, 0.2) is 5.96 Å². The second kappa shape index (κ2) is 18.8. The maximum absolute atomic E-state index is 13.6. The van der Waals surface area contributed by atoms with Gasteiger partial charge in [0, 0.05) is 19.4 Å². The van der Waals surface area contributed by atoms with Crippen molar-refractivity contribution < 1.29 is 24.3 Å². The topological polar surface area (TPSA) is 265 Å². The van der Waals surface area contributed by atoms with Crippen molar-refractivity contribution in [2.45, 2.75) is 69.1 Å². The van der Waals surface area contributed by atoms with Crippen molar-refractivity contribution in [2.24, 2.45) is 22.9 Å². The number of rotatable bonds is 19. The van der Waals surface area contributed by atoms with Crippen LogP contribution in [0.5, 0.6) is 5.75 Å². The average molecular weight is 612 g/mol. The zero-order valence-corrected chi connectivity index (χ0v) is 24.8. The largest absolute Gasteiger partial charge is 0.508 e. The van der Waals surface area contributed by atoms with E-state index in [4.69, 9.17) is 28.3 Å². The van der Waals surface area contributed by atoms with Crippen LogP contribution in [0.1, 0.15) is 43.2 Å². The van der Waals surface area contributed by atoms with Gasteiger partial charge in [0.2, 0.25) is 23.6 Å². The minimum atomic E-state index is -1.12. The van der Waals surface area contributed by atoms with Crippen molar-refractivity contribution in [3.63, 3.8) is 0 Å². The van der Waals surface area contributed by atoms with E-state index in [1.165, 1.54) is 12.1 Å². The smallest absolute Gasteiger partial charge is 0.243 e. The van der Waals surface area contributed by atoms with Gasteiger partial charge < -0.3 is 49.3 Å². The molecule has 0 unspecified atom stereocenters. The molecule has 14 nitrogen and oxygen atoms in total. The van der Waals surface area contributed by atoms with E-state index < -0.39 is 47.8 Å². The summed E-state index contributed by atoms with van der Waals surface area (Å²) in [5.41, 5.74) is 24.0. The van der Waals surface area contributed by atoms with Crippen molar-refractivity contribution in [2.75, 3.05) is 13.1 Å². The first-order valence-corrected chi connectivity index (χ1v) is 14.6. The van der Waals surface area contributed by atoms with Gasteiger partial charge in [-0.3, -0.25) is 24.6 Å². The molecule has 4 atom stereocenters. The maximum Gasteiger partial charge on any atom is 0.243 e. The molecule has 2 aromatic carbocycles. The molecule has 14 heteroatoms. The van der Waals surface area contributed by atoms with Crippen LogP contribution < -0.4 is 44.2 Å². The van der Waals surface area contributed by atoms with Crippen molar-refractivity contribution in [1.82, 2.24) is 21.3 Å². The first-order chi connectivity index (χ1) is 21.0. The Hall–Kier alpha value is -4.69. The average Bonchev–Trinajstić information content (AvgIpc) is 2.99. The third kappa shape index (κ3) is 13.1. The molecule has 2 rings (SSSR count). The van der Waals surface area contributed by atoms with E-state index in [-0.39, 0.29) is 37.4 Å². The summed E-state index contributed by atoms with van der Waals surface area (Å²) in [4.78, 5) is 52.2. The lowest BCUT2D eigenvalue weighted by Gasteiger charge is -2.26. The van der Waals surface area contributed by atoms with Gasteiger partial charge in [-0.1, -0.05) is 42.5 Å². The van der Waals surface area contributed by atoms with Crippen LogP contribution in [0.4, 0.5) is 0 Å². The number of hydrogen-bond donors (Lipinski definition) is 10. The van der Waals surface area contributed by atoms with Crippen LogP contribution in [0.25, 0.3) is 0 Å². The van der Waals surface area contributed by atoms with Crippen LogP contribution in [0.3, 0.4) is 0 Å². The molecule has 44 heavy (non-hydrogen) atoms. The third-order valence-corrected chi connectivity index (χ3v) is 6.88. The number of carbonyl (C=O) groups excluding carboxylic acids is 4. The second-order valence-corrected chi connectivity index (χ2v) is 10.5. The standard InChI is InChI=1S/C30H45N9O5/c31-15-5-4-10-23(28(43)38-24(26(33)41)17-19-7-2-1-3-8-19)37-29(44)25(18-20-11-13-21(40)14-12-20)39-27(42)22(32)9-6-16-36-30(34)35/h1-3,7-8,11-14,22-25,40H,4-6,9-10,15-18,31-32H2,(H2,33,41)(H,37,44)(H,38,43)(H,39,42)(H4,34,35,36)/t22-,23-,24+,25+/m1/s1. The number of benzene rings is 2. The highest BCUT2D eigenvalue weighted by Crippen LogP contribution is 2.13. The maximum atomic E-state index is 13.6. The van der Waals surface area contributed by atoms with Crippen LogP contribution in [0.2, 0.25) is 0 Å². The Bertz CT molecular complexity index is 1230. The lowest BCUT2D eigenvalue weighted by atomic mass is 10.0. The number of aromatic hydroxyl groups is 1. The molecule has 0 aliphatic carbocycles. The quantitative estimate of drug-likeness (QED) is 0.0520. The molecule has 0 saturated carbocycles. The molecule has 2 aromatic rings. The van der Waals surface area contributed by atoms with Crippen molar-refractivity contribution in [3.05, 3.63) is 65.7 Å². The van der Waals surface area contributed by atoms with Gasteiger partial charge >= 0.3 is 0 Å². The Labute approximate surface area is 257 Å². The molecule has 0 aliphatic heterocycles. The van der Waals surface area contributed by atoms with E-state index in [0.717, 1.165) is 5.56 Å². The van der Waals surface area contributed by atoms with E-state index >= 15 is 0 Å². The SMILES string of the molecule is N=C(N)NCCC[C@@H](N)C(=O)N[C@@H](Cc1ccc(O)cc1)C(=O)N[C@H](CCCCN)C(=O)N[C@@H](Cc1ccccc1)C(N)=O. The summed E-state index contributed by atoms with van der Waals surface area (Å²) in [6, 6.07) is 11.1. The molecule has 0 spiro atoms. The first-order valence-electron chi connectivity index (χ1n) is 14.6. The van der Waals surface area contributed by atoms with E-state index in [1.807, 2.05) is 30.3 Å². The number of nitrogens with one attached hydrogen (secondary N) is 5. The van der Waals surface area contributed by atoms with Crippen LogP contribution >= 0.6 is 0 Å². The molecule has 0 fully saturated rings. The second-order valence-electron chi connectivity index (χ2n) is 10.5. The fourth-order valence-corrected chi connectivity index (χ4v) is 4.41. The zero-order chi connectivity index (χ0) is 32.5. The number of phenols is 1. The highest BCUT2D eigenvalue weighted by molar-refractivity contribution is 5.94. The van der Waals surface area contributed by atoms with Gasteiger partial charge in [0.05, 0.1) is 6.04 Å². The van der Waals surface area contributed by atoms with Crippen molar-refractivity contribution in [3.8, 4) is 5.75 Å². The summed E-state index contributed by atoms with van der Waals surface area (Å²) in [6.45, 7) is 0.740. The van der Waals surface area contributed by atoms with Gasteiger partial charge in [0.1, 0.15) is 23.9 Å². The number of amides is 4. The molecule has 240 valence electrons. The van der Waals surface area contributed by atoms with Crippen molar-refractivity contribution in [1.29, 1.82) is 5.41 Å². The Kier molecular flexibility index (Phi) is 15.1. The minimum Gasteiger partial charge on any atom is -0.508 e. The van der Waals surface area contributed by atoms with Crippen LogP contribution in [0.15, 0.2) is 54.6 Å². The minimum absolute atomic E-state index is 0.0381. The normalized spacial score (nSPS) is 13.5. The number of unbranched alkanes of at least 4 members (excludes halogenated alkanes) is 1. The van der Waals surface area contributed by atoms with E-state index in [1.54, 1.807) is 12.1 Å². The summed E-state index contributed by atoms with van der Waals surface area (Å²) in [5, 5.41) is 27.6. The van der Waals surface area contributed by atoms with E-state index in [0.29, 0.717) is 37.9 Å². The monoisotopic (exact) mass is 611 g/mol. The molecular weight excluding hydrogens is 566 g/mol. The Morgan fingerprint density at radius 3 is 1.91 bits per heavy atom. The lowest BCUT2D eigenvalue weighted by Crippen LogP contribution is -2.58. The molecule has 0 aliphatic rings. The Morgan fingerprint density at radius 1 is 0.727 bits per heavy atom. The fraction of sp³-hybridized carbons (Fsp3) is 0.433. The van der Waals surface area contributed by atoms with Crippen molar-refractivity contribution >= 4 is 29.6 Å². The van der Waals surface area contributed by atoms with E-state index in [2.05, 4.69) is 21.3 Å². The zero-order valence-electron chi connectivity index (χ0n) is 24.8. The molecule has 0 heterocycles. The number of nitrogens with two attached hydrogens (primary N) is 4. The van der Waals surface area contributed by atoms with Crippen LogP contribution in [-0.4, -0.2) is 72.0 Å². The predicted molar refractivity (Wildman–Crippen MR) is 167 cm³/mol. The molecule has 0 aromatic heterocycles. The number of carbonyl (C=O) groups is 4. The molecule has 0 bridgehead atoms.